The van der Waals surface area contributed by atoms with Crippen molar-refractivity contribution < 1.29 is 4.79 Å². The summed E-state index contributed by atoms with van der Waals surface area (Å²) < 4.78 is 2.12. The number of carbonyl (C=O) groups excluding carboxylic acids is 1. The number of amides is 1. The number of carbonyl (C=O) groups is 1. The van der Waals surface area contributed by atoms with Gasteiger partial charge in [0, 0.05) is 38.8 Å². The minimum absolute atomic E-state index is 0.163. The molecule has 2 bridgehead atoms. The predicted molar refractivity (Wildman–Crippen MR) is 78.5 cm³/mol. The van der Waals surface area contributed by atoms with Crippen LogP contribution in [0.3, 0.4) is 0 Å². The van der Waals surface area contributed by atoms with E-state index >= 15 is 0 Å². The zero-order valence-corrected chi connectivity index (χ0v) is 12.3. The smallest absolute Gasteiger partial charge is 0.224 e. The van der Waals surface area contributed by atoms with Crippen LogP contribution in [0.1, 0.15) is 30.7 Å². The molecule has 2 saturated heterocycles. The van der Waals surface area contributed by atoms with Gasteiger partial charge in [0.25, 0.3) is 0 Å². The molecule has 0 saturated carbocycles. The van der Waals surface area contributed by atoms with Gasteiger partial charge in [-0.1, -0.05) is 6.42 Å². The highest BCUT2D eigenvalue weighted by atomic mass is 16.2. The molecule has 4 rings (SSSR count). The van der Waals surface area contributed by atoms with E-state index in [0.29, 0.717) is 6.04 Å². The van der Waals surface area contributed by atoms with Crippen LogP contribution in [0, 0.1) is 5.92 Å². The third kappa shape index (κ3) is 2.70. The second-order valence-corrected chi connectivity index (χ2v) is 6.55. The van der Waals surface area contributed by atoms with Crippen LogP contribution in [0.4, 0.5) is 0 Å². The zero-order chi connectivity index (χ0) is 14.2. The number of nitrogens with zero attached hydrogens (tertiary/aromatic N) is 3. The van der Waals surface area contributed by atoms with Crippen molar-refractivity contribution in [2.75, 3.05) is 19.6 Å². The summed E-state index contributed by atoms with van der Waals surface area (Å²) >= 11 is 0. The molecule has 0 unspecified atom stereocenters. The van der Waals surface area contributed by atoms with Crippen molar-refractivity contribution in [3.8, 4) is 0 Å². The molecule has 1 aromatic heterocycles. The van der Waals surface area contributed by atoms with Crippen molar-refractivity contribution in [1.82, 2.24) is 25.3 Å². The average molecular weight is 289 g/mol. The van der Waals surface area contributed by atoms with Gasteiger partial charge in [-0.25, -0.2) is 0 Å². The van der Waals surface area contributed by atoms with Gasteiger partial charge in [-0.2, -0.15) is 5.10 Å². The third-order valence-corrected chi connectivity index (χ3v) is 4.89. The molecule has 0 radical (unpaired) electrons. The predicted octanol–water partition coefficient (Wildman–Crippen LogP) is 0.0868. The number of rotatable bonds is 2. The highest BCUT2D eigenvalue weighted by Crippen LogP contribution is 2.23. The van der Waals surface area contributed by atoms with Crippen molar-refractivity contribution >= 4 is 5.91 Å². The van der Waals surface area contributed by atoms with E-state index < -0.39 is 0 Å². The Balaban J connectivity index is 1.49. The van der Waals surface area contributed by atoms with Crippen LogP contribution in [0.5, 0.6) is 0 Å². The van der Waals surface area contributed by atoms with Crippen LogP contribution >= 0.6 is 0 Å². The Kier molecular flexibility index (Phi) is 3.43. The van der Waals surface area contributed by atoms with Crippen molar-refractivity contribution in [2.24, 2.45) is 5.92 Å². The van der Waals surface area contributed by atoms with Gasteiger partial charge in [0.2, 0.25) is 5.91 Å². The Hall–Kier alpha value is -1.40. The van der Waals surface area contributed by atoms with Crippen LogP contribution < -0.4 is 10.6 Å². The van der Waals surface area contributed by atoms with Gasteiger partial charge in [0.1, 0.15) is 0 Å². The maximum Gasteiger partial charge on any atom is 0.224 e. The number of hydrogen-bond donors (Lipinski definition) is 2. The Bertz CT molecular complexity index is 517. The lowest BCUT2D eigenvalue weighted by atomic mass is 9.99. The lowest BCUT2D eigenvalue weighted by Crippen LogP contribution is -2.38. The Morgan fingerprint density at radius 2 is 2.29 bits per heavy atom. The summed E-state index contributed by atoms with van der Waals surface area (Å²) in [5.74, 6) is 0.421. The summed E-state index contributed by atoms with van der Waals surface area (Å²) in [6, 6.07) is 2.53. The average Bonchev–Trinajstić information content (AvgIpc) is 2.69. The monoisotopic (exact) mass is 289 g/mol. The van der Waals surface area contributed by atoms with Crippen molar-refractivity contribution in [3.05, 3.63) is 17.5 Å². The molecule has 1 amide bonds. The normalized spacial score (nSPS) is 29.6. The lowest BCUT2D eigenvalue weighted by molar-refractivity contribution is -0.124. The van der Waals surface area contributed by atoms with E-state index in [9.17, 15) is 4.79 Å². The van der Waals surface area contributed by atoms with Gasteiger partial charge in [-0.05, 0) is 18.9 Å². The number of nitrogens with one attached hydrogen (secondary N) is 2. The third-order valence-electron chi connectivity index (χ3n) is 4.89. The second-order valence-electron chi connectivity index (χ2n) is 6.55. The van der Waals surface area contributed by atoms with Gasteiger partial charge in [-0.3, -0.25) is 14.4 Å². The van der Waals surface area contributed by atoms with Gasteiger partial charge >= 0.3 is 0 Å². The molecular weight excluding hydrogens is 266 g/mol. The first-order chi connectivity index (χ1) is 10.3. The summed E-state index contributed by atoms with van der Waals surface area (Å²) in [4.78, 5) is 14.5. The first kappa shape index (κ1) is 13.3. The Morgan fingerprint density at radius 3 is 3.19 bits per heavy atom. The maximum atomic E-state index is 12.1. The summed E-state index contributed by atoms with van der Waals surface area (Å²) in [6.07, 6.45) is 3.32. The molecule has 2 N–H and O–H groups in total. The molecule has 114 valence electrons. The highest BCUT2D eigenvalue weighted by molar-refractivity contribution is 5.79. The second kappa shape index (κ2) is 5.42. The molecular formula is C15H23N5O. The summed E-state index contributed by atoms with van der Waals surface area (Å²) in [5.41, 5.74) is 2.42. The fourth-order valence-electron chi connectivity index (χ4n) is 3.83. The molecule has 1 aromatic rings. The van der Waals surface area contributed by atoms with E-state index in [-0.39, 0.29) is 11.8 Å². The standard InChI is InChI=1S/C15H23N5O/c21-15-11-2-1-3-12(17-15)9-19(8-11)10-13-6-14-7-16-4-5-20(14)18-13/h6,11-12,16H,1-5,7-10H2,(H,17,21)/t11-,12+/m1/s1. The number of hydrogen-bond acceptors (Lipinski definition) is 4. The SMILES string of the molecule is O=C1N[C@H]2CCC[C@@H]1CN(Cc1cc3n(n1)CCNC3)C2. The van der Waals surface area contributed by atoms with E-state index in [1.807, 2.05) is 0 Å². The first-order valence-electron chi connectivity index (χ1n) is 8.07. The summed E-state index contributed by atoms with van der Waals surface area (Å²) in [5, 5.41) is 11.3. The summed E-state index contributed by atoms with van der Waals surface area (Å²) in [7, 11) is 0. The maximum absolute atomic E-state index is 12.1. The van der Waals surface area contributed by atoms with Crippen LogP contribution in [-0.4, -0.2) is 46.3 Å². The molecule has 0 aliphatic carbocycles. The molecule has 4 heterocycles. The van der Waals surface area contributed by atoms with Gasteiger partial charge in [0.15, 0.2) is 0 Å². The largest absolute Gasteiger partial charge is 0.352 e. The van der Waals surface area contributed by atoms with Gasteiger partial charge < -0.3 is 10.6 Å². The molecule has 6 nitrogen and oxygen atoms in total. The molecule has 21 heavy (non-hydrogen) atoms. The fraction of sp³-hybridized carbons (Fsp3) is 0.733. The van der Waals surface area contributed by atoms with E-state index in [0.717, 1.165) is 57.8 Å². The Labute approximate surface area is 124 Å². The quantitative estimate of drug-likeness (QED) is 0.810. The van der Waals surface area contributed by atoms with E-state index in [1.165, 1.54) is 12.1 Å². The van der Waals surface area contributed by atoms with Crippen LogP contribution in [0.15, 0.2) is 6.07 Å². The lowest BCUT2D eigenvalue weighted by Gasteiger charge is -2.26. The topological polar surface area (TPSA) is 62.2 Å². The molecule has 0 aromatic carbocycles. The summed E-state index contributed by atoms with van der Waals surface area (Å²) in [6.45, 7) is 5.58. The number of fused-ring (bicyclic) bond motifs is 4. The molecule has 0 spiro atoms. The molecule has 2 atom stereocenters. The van der Waals surface area contributed by atoms with Crippen LogP contribution in [-0.2, 0) is 24.4 Å². The first-order valence-corrected chi connectivity index (χ1v) is 8.07. The van der Waals surface area contributed by atoms with E-state index in [4.69, 9.17) is 5.10 Å². The minimum atomic E-state index is 0.163. The number of aromatic nitrogens is 2. The van der Waals surface area contributed by atoms with E-state index in [2.05, 4.69) is 26.3 Å². The molecule has 6 heteroatoms. The number of likely N-dealkylation sites (tertiary alicyclic amines) is 1. The van der Waals surface area contributed by atoms with Gasteiger partial charge in [-0.15, -0.1) is 0 Å². The van der Waals surface area contributed by atoms with Crippen molar-refractivity contribution in [3.63, 3.8) is 0 Å². The van der Waals surface area contributed by atoms with Crippen molar-refractivity contribution in [1.29, 1.82) is 0 Å². The van der Waals surface area contributed by atoms with Gasteiger partial charge in [0.05, 0.1) is 23.9 Å². The van der Waals surface area contributed by atoms with Crippen LogP contribution in [0.25, 0.3) is 0 Å². The minimum Gasteiger partial charge on any atom is -0.352 e. The highest BCUT2D eigenvalue weighted by Gasteiger charge is 2.32. The molecule has 2 fully saturated rings. The molecule has 3 aliphatic heterocycles. The van der Waals surface area contributed by atoms with E-state index in [1.54, 1.807) is 0 Å². The zero-order valence-electron chi connectivity index (χ0n) is 12.3. The fourth-order valence-corrected chi connectivity index (χ4v) is 3.83. The molecule has 3 aliphatic rings. The Morgan fingerprint density at radius 1 is 1.33 bits per heavy atom. The van der Waals surface area contributed by atoms with Crippen molar-refractivity contribution in [2.45, 2.75) is 44.9 Å². The van der Waals surface area contributed by atoms with Crippen LogP contribution in [0.2, 0.25) is 0 Å².